The third-order valence-corrected chi connectivity index (χ3v) is 2.01. The van der Waals surface area contributed by atoms with Gasteiger partial charge in [-0.05, 0) is 12.1 Å². The van der Waals surface area contributed by atoms with E-state index in [0.717, 1.165) is 0 Å². The smallest absolute Gasteiger partial charge is 0.215 e. The van der Waals surface area contributed by atoms with Crippen LogP contribution in [0.15, 0.2) is 33.7 Å². The van der Waals surface area contributed by atoms with Crippen molar-refractivity contribution in [3.05, 3.63) is 34.7 Å². The second-order valence-corrected chi connectivity index (χ2v) is 2.88. The summed E-state index contributed by atoms with van der Waals surface area (Å²) in [5.74, 6) is 0.644. The molecule has 0 spiro atoms. The lowest BCUT2D eigenvalue weighted by atomic mass is 10.2. The molecule has 5 heteroatoms. The van der Waals surface area contributed by atoms with Gasteiger partial charge in [0.15, 0.2) is 0 Å². The Morgan fingerprint density at radius 1 is 1.40 bits per heavy atom. The number of nitrogens with two attached hydrogens (primary N) is 1. The summed E-state index contributed by atoms with van der Waals surface area (Å²) in [7, 11) is 1.55. The molecule has 80 valence electrons. The van der Waals surface area contributed by atoms with Gasteiger partial charge in [0.05, 0.1) is 12.5 Å². The van der Waals surface area contributed by atoms with Crippen LogP contribution in [0, 0.1) is 0 Å². The van der Waals surface area contributed by atoms with Gasteiger partial charge in [-0.1, -0.05) is 0 Å². The first-order chi connectivity index (χ1) is 6.72. The maximum atomic E-state index is 11.5. The van der Waals surface area contributed by atoms with Gasteiger partial charge in [0.1, 0.15) is 23.3 Å². The average Bonchev–Trinajstić information content (AvgIpc) is 2.23. The maximum absolute atomic E-state index is 11.5. The fraction of sp³-hybridized carbons (Fsp3) is 0.100. The number of ether oxygens (including phenoxy) is 1. The van der Waals surface area contributed by atoms with E-state index in [1.807, 2.05) is 0 Å². The van der Waals surface area contributed by atoms with E-state index in [0.29, 0.717) is 16.7 Å². The first-order valence-corrected chi connectivity index (χ1v) is 4.07. The zero-order chi connectivity index (χ0) is 10.1. The highest BCUT2D eigenvalue weighted by Gasteiger charge is 2.04. The van der Waals surface area contributed by atoms with Gasteiger partial charge < -0.3 is 14.9 Å². The number of hydrogen-bond acceptors (Lipinski definition) is 4. The molecule has 1 aromatic heterocycles. The molecule has 0 saturated heterocycles. The van der Waals surface area contributed by atoms with Crippen LogP contribution in [0.25, 0.3) is 11.0 Å². The predicted molar refractivity (Wildman–Crippen MR) is 60.7 cm³/mol. The molecule has 0 radical (unpaired) electrons. The largest absolute Gasteiger partial charge is 0.497 e. The molecule has 1 aromatic carbocycles. The summed E-state index contributed by atoms with van der Waals surface area (Å²) in [6.07, 6.45) is 1.24. The molecule has 0 atom stereocenters. The Morgan fingerprint density at radius 3 is 2.80 bits per heavy atom. The molecule has 0 aliphatic carbocycles. The molecule has 4 nitrogen and oxygen atoms in total. The molecular weight excluding hydrogens is 218 g/mol. The van der Waals surface area contributed by atoms with Crippen molar-refractivity contribution in [1.29, 1.82) is 0 Å². The van der Waals surface area contributed by atoms with Crippen LogP contribution in [0.5, 0.6) is 5.75 Å². The SMILES string of the molecule is COc1ccc2c(=O)c(N)coc2c1.Cl. The highest BCUT2D eigenvalue weighted by Crippen LogP contribution is 2.18. The van der Waals surface area contributed by atoms with Crippen molar-refractivity contribution < 1.29 is 9.15 Å². The molecule has 1 heterocycles. The van der Waals surface area contributed by atoms with Crippen molar-refractivity contribution in [2.45, 2.75) is 0 Å². The van der Waals surface area contributed by atoms with Crippen molar-refractivity contribution >= 4 is 29.1 Å². The molecular formula is C10H10ClNO3. The zero-order valence-electron chi connectivity index (χ0n) is 8.02. The van der Waals surface area contributed by atoms with Crippen LogP contribution < -0.4 is 15.9 Å². The van der Waals surface area contributed by atoms with Crippen molar-refractivity contribution in [1.82, 2.24) is 0 Å². The van der Waals surface area contributed by atoms with E-state index in [-0.39, 0.29) is 23.5 Å². The molecule has 0 aliphatic heterocycles. The van der Waals surface area contributed by atoms with E-state index in [2.05, 4.69) is 0 Å². The van der Waals surface area contributed by atoms with E-state index in [9.17, 15) is 4.79 Å². The van der Waals surface area contributed by atoms with Gasteiger partial charge in [0, 0.05) is 6.07 Å². The van der Waals surface area contributed by atoms with Crippen LogP contribution in [0.3, 0.4) is 0 Å². The number of fused-ring (bicyclic) bond motifs is 1. The summed E-state index contributed by atoms with van der Waals surface area (Å²) < 4.78 is 10.2. The summed E-state index contributed by atoms with van der Waals surface area (Å²) in [5.41, 5.74) is 5.79. The lowest BCUT2D eigenvalue weighted by Gasteiger charge is -2.01. The third-order valence-electron chi connectivity index (χ3n) is 2.01. The second-order valence-electron chi connectivity index (χ2n) is 2.88. The Hall–Kier alpha value is -1.68. The number of anilines is 1. The van der Waals surface area contributed by atoms with Crippen LogP contribution in [0.4, 0.5) is 5.69 Å². The van der Waals surface area contributed by atoms with Gasteiger partial charge in [-0.2, -0.15) is 0 Å². The lowest BCUT2D eigenvalue weighted by Crippen LogP contribution is -2.07. The number of benzene rings is 1. The lowest BCUT2D eigenvalue weighted by molar-refractivity contribution is 0.414. The van der Waals surface area contributed by atoms with Crippen LogP contribution in [0.2, 0.25) is 0 Å². The topological polar surface area (TPSA) is 65.5 Å². The van der Waals surface area contributed by atoms with Crippen LogP contribution in [0.1, 0.15) is 0 Å². The molecule has 0 aliphatic rings. The summed E-state index contributed by atoms with van der Waals surface area (Å²) in [6, 6.07) is 4.98. The first-order valence-electron chi connectivity index (χ1n) is 4.07. The number of rotatable bonds is 1. The highest BCUT2D eigenvalue weighted by atomic mass is 35.5. The molecule has 0 saturated carbocycles. The summed E-state index contributed by atoms with van der Waals surface area (Å²) in [6.45, 7) is 0. The van der Waals surface area contributed by atoms with Gasteiger partial charge in [-0.15, -0.1) is 12.4 Å². The monoisotopic (exact) mass is 227 g/mol. The Labute approximate surface area is 92.1 Å². The van der Waals surface area contributed by atoms with Gasteiger partial charge in [-0.3, -0.25) is 4.79 Å². The van der Waals surface area contributed by atoms with Gasteiger partial charge in [0.25, 0.3) is 0 Å². The molecule has 0 amide bonds. The number of nitrogen functional groups attached to an aromatic ring is 1. The van der Waals surface area contributed by atoms with E-state index >= 15 is 0 Å². The summed E-state index contributed by atoms with van der Waals surface area (Å²) in [4.78, 5) is 11.5. The Kier molecular flexibility index (Phi) is 3.21. The van der Waals surface area contributed by atoms with Crippen molar-refractivity contribution in [2.24, 2.45) is 0 Å². The van der Waals surface area contributed by atoms with E-state index < -0.39 is 0 Å². The number of methoxy groups -OCH3 is 1. The first kappa shape index (κ1) is 11.4. The number of hydrogen-bond donors (Lipinski definition) is 1. The Bertz CT molecular complexity index is 536. The normalized spacial score (nSPS) is 9.67. The molecule has 0 unspecified atom stereocenters. The summed E-state index contributed by atoms with van der Waals surface area (Å²) >= 11 is 0. The molecule has 0 bridgehead atoms. The minimum absolute atomic E-state index is 0. The molecule has 2 rings (SSSR count). The van der Waals surface area contributed by atoms with Gasteiger partial charge in [0.2, 0.25) is 5.43 Å². The molecule has 15 heavy (non-hydrogen) atoms. The Morgan fingerprint density at radius 2 is 2.13 bits per heavy atom. The zero-order valence-corrected chi connectivity index (χ0v) is 8.84. The Balaban J connectivity index is 0.00000112. The molecule has 2 aromatic rings. The van der Waals surface area contributed by atoms with E-state index in [1.165, 1.54) is 6.26 Å². The van der Waals surface area contributed by atoms with Gasteiger partial charge >= 0.3 is 0 Å². The minimum atomic E-state index is -0.214. The molecule has 0 fully saturated rings. The highest BCUT2D eigenvalue weighted by molar-refractivity contribution is 5.85. The fourth-order valence-electron chi connectivity index (χ4n) is 1.25. The number of halogens is 1. The van der Waals surface area contributed by atoms with Crippen molar-refractivity contribution in [2.75, 3.05) is 12.8 Å². The van der Waals surface area contributed by atoms with Crippen molar-refractivity contribution in [3.8, 4) is 5.75 Å². The van der Waals surface area contributed by atoms with E-state index in [1.54, 1.807) is 25.3 Å². The van der Waals surface area contributed by atoms with Gasteiger partial charge in [-0.25, -0.2) is 0 Å². The predicted octanol–water partition coefficient (Wildman–Crippen LogP) is 1.81. The summed E-state index contributed by atoms with van der Waals surface area (Å²) in [5, 5.41) is 0.464. The molecule has 2 N–H and O–H groups in total. The average molecular weight is 228 g/mol. The van der Waals surface area contributed by atoms with Crippen LogP contribution >= 0.6 is 12.4 Å². The maximum Gasteiger partial charge on any atom is 0.215 e. The van der Waals surface area contributed by atoms with Crippen LogP contribution in [-0.2, 0) is 0 Å². The van der Waals surface area contributed by atoms with E-state index in [4.69, 9.17) is 14.9 Å². The van der Waals surface area contributed by atoms with Crippen LogP contribution in [-0.4, -0.2) is 7.11 Å². The minimum Gasteiger partial charge on any atom is -0.497 e. The van der Waals surface area contributed by atoms with Crippen molar-refractivity contribution in [3.63, 3.8) is 0 Å². The fourth-order valence-corrected chi connectivity index (χ4v) is 1.25. The second kappa shape index (κ2) is 4.23. The standard InChI is InChI=1S/C10H9NO3.ClH/c1-13-6-2-3-7-9(4-6)14-5-8(11)10(7)12;/h2-5H,11H2,1H3;1H. The third kappa shape index (κ3) is 1.89. The quantitative estimate of drug-likeness (QED) is 0.807.